The lowest BCUT2D eigenvalue weighted by Gasteiger charge is -2.36. The van der Waals surface area contributed by atoms with Crippen molar-refractivity contribution in [2.24, 2.45) is 0 Å². The molecule has 0 radical (unpaired) electrons. The van der Waals surface area contributed by atoms with Crippen molar-refractivity contribution in [2.75, 3.05) is 19.8 Å². The molecule has 138 valence electrons. The van der Waals surface area contributed by atoms with Crippen LogP contribution in [0.2, 0.25) is 18.1 Å². The van der Waals surface area contributed by atoms with Crippen molar-refractivity contribution in [3.63, 3.8) is 0 Å². The van der Waals surface area contributed by atoms with Gasteiger partial charge in [0.1, 0.15) is 18.1 Å². The Kier molecular flexibility index (Phi) is 5.95. The van der Waals surface area contributed by atoms with E-state index in [0.717, 1.165) is 16.7 Å². The summed E-state index contributed by atoms with van der Waals surface area (Å²) in [5.74, 6) is 0.421. The third-order valence-electron chi connectivity index (χ3n) is 4.71. The fourth-order valence-electron chi connectivity index (χ4n) is 2.19. The molecule has 25 heavy (non-hydrogen) atoms. The third kappa shape index (κ3) is 4.86. The maximum Gasteiger partial charge on any atom is 0.354 e. The second kappa shape index (κ2) is 7.62. The Balaban J connectivity index is 1.95. The van der Waals surface area contributed by atoms with Crippen LogP contribution in [0.5, 0.6) is 5.75 Å². The molecule has 0 spiro atoms. The van der Waals surface area contributed by atoms with Crippen molar-refractivity contribution in [3.8, 4) is 5.75 Å². The molecular formula is C19H29NO4Si. The van der Waals surface area contributed by atoms with Crippen LogP contribution in [0, 0.1) is 0 Å². The highest BCUT2D eigenvalue weighted by Crippen LogP contribution is 2.36. The highest BCUT2D eigenvalue weighted by Gasteiger charge is 2.36. The number of esters is 1. The number of aromatic amines is 1. The fourth-order valence-corrected chi connectivity index (χ4v) is 3.22. The van der Waals surface area contributed by atoms with E-state index in [-0.39, 0.29) is 11.0 Å². The monoisotopic (exact) mass is 363 g/mol. The van der Waals surface area contributed by atoms with Crippen LogP contribution in [0.1, 0.15) is 38.2 Å². The molecule has 2 aromatic rings. The van der Waals surface area contributed by atoms with E-state index >= 15 is 0 Å². The second-order valence-corrected chi connectivity index (χ2v) is 12.4. The second-order valence-electron chi connectivity index (χ2n) is 7.61. The van der Waals surface area contributed by atoms with E-state index in [1.807, 2.05) is 18.2 Å². The van der Waals surface area contributed by atoms with Gasteiger partial charge < -0.3 is 18.9 Å². The molecule has 5 nitrogen and oxygen atoms in total. The van der Waals surface area contributed by atoms with Crippen molar-refractivity contribution < 1.29 is 18.7 Å². The SMILES string of the molecule is CCOC(=O)c1cc2cc(OCCO[Si](C)(C)C(C)(C)C)ccc2[nH]1. The van der Waals surface area contributed by atoms with Gasteiger partial charge in [-0.05, 0) is 49.3 Å². The summed E-state index contributed by atoms with van der Waals surface area (Å²) in [6.07, 6.45) is 0. The minimum Gasteiger partial charge on any atom is -0.491 e. The summed E-state index contributed by atoms with van der Waals surface area (Å²) < 4.78 is 16.9. The lowest BCUT2D eigenvalue weighted by molar-refractivity contribution is 0.0520. The van der Waals surface area contributed by atoms with Crippen molar-refractivity contribution in [3.05, 3.63) is 30.0 Å². The van der Waals surface area contributed by atoms with E-state index in [2.05, 4.69) is 38.8 Å². The molecule has 0 saturated carbocycles. The number of carbonyl (C=O) groups is 1. The molecule has 0 unspecified atom stereocenters. The molecule has 1 aromatic carbocycles. The van der Waals surface area contributed by atoms with Crippen molar-refractivity contribution >= 4 is 25.2 Å². The summed E-state index contributed by atoms with van der Waals surface area (Å²) in [7, 11) is -1.74. The Bertz CT molecular complexity index is 731. The Labute approximate surface area is 150 Å². The summed E-state index contributed by atoms with van der Waals surface area (Å²) in [5.41, 5.74) is 1.34. The number of hydrogen-bond donors (Lipinski definition) is 1. The molecule has 0 aliphatic heterocycles. The van der Waals surface area contributed by atoms with Gasteiger partial charge in [-0.25, -0.2) is 4.79 Å². The van der Waals surface area contributed by atoms with Gasteiger partial charge in [-0.1, -0.05) is 20.8 Å². The molecule has 0 aliphatic rings. The molecule has 1 aromatic heterocycles. The van der Waals surface area contributed by atoms with Crippen LogP contribution in [-0.2, 0) is 9.16 Å². The summed E-state index contributed by atoms with van der Waals surface area (Å²) in [6.45, 7) is 14.4. The first-order chi connectivity index (χ1) is 11.6. The van der Waals surface area contributed by atoms with Crippen LogP contribution in [0.3, 0.4) is 0 Å². The quantitative estimate of drug-likeness (QED) is 0.438. The molecular weight excluding hydrogens is 334 g/mol. The van der Waals surface area contributed by atoms with Crippen LogP contribution in [0.4, 0.5) is 0 Å². The highest BCUT2D eigenvalue weighted by atomic mass is 28.4. The Hall–Kier alpha value is -1.79. The summed E-state index contributed by atoms with van der Waals surface area (Å²) in [5, 5.41) is 1.12. The molecule has 6 heteroatoms. The highest BCUT2D eigenvalue weighted by molar-refractivity contribution is 6.74. The van der Waals surface area contributed by atoms with Gasteiger partial charge >= 0.3 is 5.97 Å². The first-order valence-electron chi connectivity index (χ1n) is 8.71. The maximum atomic E-state index is 11.8. The van der Waals surface area contributed by atoms with Crippen molar-refractivity contribution in [2.45, 2.75) is 45.8 Å². The van der Waals surface area contributed by atoms with E-state index in [1.54, 1.807) is 13.0 Å². The summed E-state index contributed by atoms with van der Waals surface area (Å²) in [6, 6.07) is 7.50. The van der Waals surface area contributed by atoms with Gasteiger partial charge in [-0.2, -0.15) is 0 Å². The largest absolute Gasteiger partial charge is 0.491 e. The van der Waals surface area contributed by atoms with Crippen molar-refractivity contribution in [1.82, 2.24) is 4.98 Å². The average molecular weight is 364 g/mol. The predicted molar refractivity (Wildman–Crippen MR) is 103 cm³/mol. The van der Waals surface area contributed by atoms with Crippen LogP contribution in [0.15, 0.2) is 24.3 Å². The molecule has 2 rings (SSSR count). The van der Waals surface area contributed by atoms with Crippen LogP contribution in [0.25, 0.3) is 10.9 Å². The topological polar surface area (TPSA) is 60.6 Å². The maximum absolute atomic E-state index is 11.8. The smallest absolute Gasteiger partial charge is 0.354 e. The van der Waals surface area contributed by atoms with Gasteiger partial charge in [0.25, 0.3) is 0 Å². The lowest BCUT2D eigenvalue weighted by Crippen LogP contribution is -2.41. The zero-order valence-corrected chi connectivity index (χ0v) is 17.1. The minimum atomic E-state index is -1.74. The van der Waals surface area contributed by atoms with Crippen LogP contribution < -0.4 is 4.74 Å². The van der Waals surface area contributed by atoms with Crippen LogP contribution in [-0.4, -0.2) is 39.1 Å². The van der Waals surface area contributed by atoms with Crippen LogP contribution >= 0.6 is 0 Å². The number of nitrogens with one attached hydrogen (secondary N) is 1. The number of aromatic nitrogens is 1. The van der Waals surface area contributed by atoms with E-state index in [9.17, 15) is 4.79 Å². The lowest BCUT2D eigenvalue weighted by atomic mass is 10.2. The van der Waals surface area contributed by atoms with Gasteiger partial charge in [0.2, 0.25) is 0 Å². The van der Waals surface area contributed by atoms with Gasteiger partial charge in [-0.3, -0.25) is 0 Å². The normalized spacial score (nSPS) is 12.4. The van der Waals surface area contributed by atoms with E-state index in [1.165, 1.54) is 0 Å². The zero-order chi connectivity index (χ0) is 18.7. The van der Waals surface area contributed by atoms with Gasteiger partial charge in [0, 0.05) is 10.9 Å². The Morgan fingerprint density at radius 1 is 1.16 bits per heavy atom. The Morgan fingerprint density at radius 2 is 1.88 bits per heavy atom. The number of benzene rings is 1. The first kappa shape index (κ1) is 19.5. The number of carbonyl (C=O) groups excluding carboxylic acids is 1. The average Bonchev–Trinajstić information content (AvgIpc) is 2.94. The first-order valence-corrected chi connectivity index (χ1v) is 11.6. The Morgan fingerprint density at radius 3 is 2.52 bits per heavy atom. The molecule has 0 amide bonds. The molecule has 1 heterocycles. The number of rotatable bonds is 7. The molecule has 0 atom stereocenters. The molecule has 1 N–H and O–H groups in total. The molecule has 0 bridgehead atoms. The fraction of sp³-hybridized carbons (Fsp3) is 0.526. The minimum absolute atomic E-state index is 0.195. The van der Waals surface area contributed by atoms with E-state index in [0.29, 0.717) is 25.5 Å². The zero-order valence-electron chi connectivity index (χ0n) is 16.1. The standard InChI is InChI=1S/C19H29NO4Si/c1-7-22-18(21)17-13-14-12-15(8-9-16(14)20-17)23-10-11-24-25(5,6)19(2,3)4/h8-9,12-13,20H,7,10-11H2,1-6H3. The van der Waals surface area contributed by atoms with Gasteiger partial charge in [0.15, 0.2) is 8.32 Å². The third-order valence-corrected chi connectivity index (χ3v) is 9.25. The van der Waals surface area contributed by atoms with E-state index in [4.69, 9.17) is 13.9 Å². The molecule has 0 fully saturated rings. The van der Waals surface area contributed by atoms with E-state index < -0.39 is 8.32 Å². The van der Waals surface area contributed by atoms with Gasteiger partial charge in [-0.15, -0.1) is 0 Å². The number of fused-ring (bicyclic) bond motifs is 1. The molecule has 0 aliphatic carbocycles. The molecule has 0 saturated heterocycles. The summed E-state index contributed by atoms with van der Waals surface area (Å²) >= 11 is 0. The number of hydrogen-bond acceptors (Lipinski definition) is 4. The van der Waals surface area contributed by atoms with Crippen molar-refractivity contribution in [1.29, 1.82) is 0 Å². The number of H-pyrrole nitrogens is 1. The van der Waals surface area contributed by atoms with Gasteiger partial charge in [0.05, 0.1) is 13.2 Å². The number of ether oxygens (including phenoxy) is 2. The predicted octanol–water partition coefficient (Wildman–Crippen LogP) is 4.75. The summed E-state index contributed by atoms with van der Waals surface area (Å²) in [4.78, 5) is 14.8.